The van der Waals surface area contributed by atoms with Crippen molar-refractivity contribution < 1.29 is 4.79 Å². The third-order valence-corrected chi connectivity index (χ3v) is 6.06. The molecule has 0 bridgehead atoms. The van der Waals surface area contributed by atoms with Gasteiger partial charge in [-0.05, 0) is 49.1 Å². The van der Waals surface area contributed by atoms with Crippen LogP contribution in [0.25, 0.3) is 10.2 Å². The molecule has 4 rings (SSSR count). The second kappa shape index (κ2) is 7.14. The van der Waals surface area contributed by atoms with E-state index in [4.69, 9.17) is 16.6 Å². The Kier molecular flexibility index (Phi) is 4.73. The molecule has 1 aliphatic rings. The summed E-state index contributed by atoms with van der Waals surface area (Å²) in [4.78, 5) is 19.6. The number of carbonyl (C=O) groups is 1. The van der Waals surface area contributed by atoms with Crippen LogP contribution in [0.15, 0.2) is 48.5 Å². The lowest BCUT2D eigenvalue weighted by Gasteiger charge is -2.23. The van der Waals surface area contributed by atoms with Gasteiger partial charge in [-0.25, -0.2) is 4.98 Å². The number of likely N-dealkylation sites (tertiary alicyclic amines) is 1. The number of fused-ring (bicyclic) bond motifs is 1. The van der Waals surface area contributed by atoms with Gasteiger partial charge in [0.15, 0.2) is 0 Å². The standard InChI is InChI=1S/C20H19ClN2OS/c21-15-6-3-5-14(13-15)10-11-19(24)23-12-4-8-17(23)20-22-16-7-1-2-9-18(16)25-20/h1-3,5-7,9,13,17H,4,8,10-12H2. The van der Waals surface area contributed by atoms with E-state index in [1.54, 1.807) is 11.3 Å². The zero-order chi connectivity index (χ0) is 17.2. The van der Waals surface area contributed by atoms with Gasteiger partial charge in [-0.2, -0.15) is 0 Å². The molecule has 1 aromatic heterocycles. The van der Waals surface area contributed by atoms with Crippen LogP contribution in [0.1, 0.15) is 35.9 Å². The minimum absolute atomic E-state index is 0.129. The van der Waals surface area contributed by atoms with Crippen molar-refractivity contribution in [3.8, 4) is 0 Å². The molecule has 5 heteroatoms. The lowest BCUT2D eigenvalue weighted by molar-refractivity contribution is -0.132. The molecule has 128 valence electrons. The number of hydrogen-bond donors (Lipinski definition) is 0. The van der Waals surface area contributed by atoms with Gasteiger partial charge in [-0.3, -0.25) is 4.79 Å². The van der Waals surface area contributed by atoms with Gasteiger partial charge in [0, 0.05) is 18.0 Å². The van der Waals surface area contributed by atoms with Crippen LogP contribution in [0, 0.1) is 0 Å². The van der Waals surface area contributed by atoms with E-state index in [0.717, 1.165) is 46.9 Å². The van der Waals surface area contributed by atoms with Crippen molar-refractivity contribution in [1.29, 1.82) is 0 Å². The highest BCUT2D eigenvalue weighted by Gasteiger charge is 2.31. The molecule has 2 aromatic carbocycles. The van der Waals surface area contributed by atoms with Gasteiger partial charge in [0.2, 0.25) is 5.91 Å². The van der Waals surface area contributed by atoms with Gasteiger partial charge in [0.1, 0.15) is 5.01 Å². The Labute approximate surface area is 156 Å². The number of carbonyl (C=O) groups excluding carboxylic acids is 1. The largest absolute Gasteiger partial charge is 0.333 e. The van der Waals surface area contributed by atoms with Crippen LogP contribution in [0.5, 0.6) is 0 Å². The fraction of sp³-hybridized carbons (Fsp3) is 0.300. The monoisotopic (exact) mass is 370 g/mol. The molecule has 3 nitrogen and oxygen atoms in total. The van der Waals surface area contributed by atoms with Crippen LogP contribution in [-0.4, -0.2) is 22.3 Å². The second-order valence-corrected chi connectivity index (χ2v) is 7.89. The van der Waals surface area contributed by atoms with Crippen LogP contribution < -0.4 is 0 Å². The number of benzene rings is 2. The molecule has 1 saturated heterocycles. The smallest absolute Gasteiger partial charge is 0.223 e. The Morgan fingerprint density at radius 3 is 2.96 bits per heavy atom. The van der Waals surface area contributed by atoms with Gasteiger partial charge in [-0.1, -0.05) is 35.9 Å². The lowest BCUT2D eigenvalue weighted by Crippen LogP contribution is -2.30. The lowest BCUT2D eigenvalue weighted by atomic mass is 10.1. The molecule has 0 N–H and O–H groups in total. The molecule has 1 amide bonds. The van der Waals surface area contributed by atoms with Crippen LogP contribution >= 0.6 is 22.9 Å². The predicted molar refractivity (Wildman–Crippen MR) is 103 cm³/mol. The predicted octanol–water partition coefficient (Wildman–Crippen LogP) is 5.25. The summed E-state index contributed by atoms with van der Waals surface area (Å²) in [5, 5.41) is 1.79. The average molecular weight is 371 g/mol. The van der Waals surface area contributed by atoms with E-state index in [-0.39, 0.29) is 11.9 Å². The Bertz CT molecular complexity index is 874. The number of nitrogens with zero attached hydrogens (tertiary/aromatic N) is 2. The van der Waals surface area contributed by atoms with Crippen molar-refractivity contribution >= 4 is 39.1 Å². The quantitative estimate of drug-likeness (QED) is 0.628. The number of rotatable bonds is 4. The summed E-state index contributed by atoms with van der Waals surface area (Å²) in [6.45, 7) is 0.828. The van der Waals surface area contributed by atoms with E-state index < -0.39 is 0 Å². The number of amides is 1. The Morgan fingerprint density at radius 1 is 1.24 bits per heavy atom. The highest BCUT2D eigenvalue weighted by Crippen LogP contribution is 2.36. The molecular formula is C20H19ClN2OS. The second-order valence-electron chi connectivity index (χ2n) is 6.39. The van der Waals surface area contributed by atoms with Crippen molar-refractivity contribution in [1.82, 2.24) is 9.88 Å². The molecule has 0 radical (unpaired) electrons. The first-order chi connectivity index (χ1) is 12.2. The maximum absolute atomic E-state index is 12.8. The Hall–Kier alpha value is -1.91. The molecule has 0 aliphatic carbocycles. The maximum Gasteiger partial charge on any atom is 0.223 e. The van der Waals surface area contributed by atoms with Gasteiger partial charge >= 0.3 is 0 Å². The van der Waals surface area contributed by atoms with Crippen LogP contribution in [0.3, 0.4) is 0 Å². The normalized spacial score (nSPS) is 17.3. The topological polar surface area (TPSA) is 33.2 Å². The molecule has 25 heavy (non-hydrogen) atoms. The molecule has 1 unspecified atom stereocenters. The van der Waals surface area contributed by atoms with Gasteiger partial charge in [0.05, 0.1) is 16.3 Å². The number of hydrogen-bond acceptors (Lipinski definition) is 3. The molecule has 2 heterocycles. The van der Waals surface area contributed by atoms with E-state index in [1.807, 2.05) is 47.4 Å². The highest BCUT2D eigenvalue weighted by atomic mass is 35.5. The third kappa shape index (κ3) is 3.55. The van der Waals surface area contributed by atoms with Crippen molar-refractivity contribution in [2.75, 3.05) is 6.54 Å². The van der Waals surface area contributed by atoms with Gasteiger partial charge in [-0.15, -0.1) is 11.3 Å². The van der Waals surface area contributed by atoms with Crippen molar-refractivity contribution in [2.45, 2.75) is 31.7 Å². The summed E-state index contributed by atoms with van der Waals surface area (Å²) in [6, 6.07) is 16.0. The van der Waals surface area contributed by atoms with Crippen molar-refractivity contribution in [3.05, 3.63) is 64.1 Å². The Morgan fingerprint density at radius 2 is 2.12 bits per heavy atom. The molecular weight excluding hydrogens is 352 g/mol. The number of thiazole rings is 1. The number of aryl methyl sites for hydroxylation is 1. The van der Waals surface area contributed by atoms with Crippen molar-refractivity contribution in [3.63, 3.8) is 0 Å². The number of aromatic nitrogens is 1. The van der Waals surface area contributed by atoms with E-state index in [9.17, 15) is 4.79 Å². The third-order valence-electron chi connectivity index (χ3n) is 4.69. The minimum atomic E-state index is 0.129. The number of para-hydroxylation sites is 1. The SMILES string of the molecule is O=C(CCc1cccc(Cl)c1)N1CCCC1c1nc2ccccc2s1. The zero-order valence-corrected chi connectivity index (χ0v) is 15.4. The summed E-state index contributed by atoms with van der Waals surface area (Å²) in [7, 11) is 0. The summed E-state index contributed by atoms with van der Waals surface area (Å²) in [5.41, 5.74) is 2.14. The average Bonchev–Trinajstić information content (AvgIpc) is 3.26. The van der Waals surface area contributed by atoms with E-state index in [0.29, 0.717) is 6.42 Å². The van der Waals surface area contributed by atoms with E-state index >= 15 is 0 Å². The van der Waals surface area contributed by atoms with Crippen molar-refractivity contribution in [2.24, 2.45) is 0 Å². The first-order valence-corrected chi connectivity index (χ1v) is 9.79. The van der Waals surface area contributed by atoms with Gasteiger partial charge < -0.3 is 4.90 Å². The molecule has 3 aromatic rings. The maximum atomic E-state index is 12.8. The fourth-order valence-corrected chi connectivity index (χ4v) is 4.77. The van der Waals surface area contributed by atoms with E-state index in [2.05, 4.69) is 6.07 Å². The van der Waals surface area contributed by atoms with Gasteiger partial charge in [0.25, 0.3) is 0 Å². The fourth-order valence-electron chi connectivity index (χ4n) is 3.44. The highest BCUT2D eigenvalue weighted by molar-refractivity contribution is 7.18. The summed E-state index contributed by atoms with van der Waals surface area (Å²) < 4.78 is 1.19. The number of halogens is 1. The van der Waals surface area contributed by atoms with Crippen LogP contribution in [-0.2, 0) is 11.2 Å². The molecule has 0 spiro atoms. The molecule has 0 saturated carbocycles. The first kappa shape index (κ1) is 16.6. The van der Waals surface area contributed by atoms with E-state index in [1.165, 1.54) is 4.70 Å². The molecule has 1 fully saturated rings. The van der Waals surface area contributed by atoms with Crippen LogP contribution in [0.2, 0.25) is 5.02 Å². The first-order valence-electron chi connectivity index (χ1n) is 8.60. The Balaban J connectivity index is 1.47. The molecule has 1 atom stereocenters. The zero-order valence-electron chi connectivity index (χ0n) is 13.8. The van der Waals surface area contributed by atoms with Crippen LogP contribution in [0.4, 0.5) is 0 Å². The summed E-state index contributed by atoms with van der Waals surface area (Å²) in [5.74, 6) is 0.210. The minimum Gasteiger partial charge on any atom is -0.333 e. The summed E-state index contributed by atoms with van der Waals surface area (Å²) >= 11 is 7.74. The summed E-state index contributed by atoms with van der Waals surface area (Å²) in [6.07, 6.45) is 3.29. The molecule has 1 aliphatic heterocycles.